The summed E-state index contributed by atoms with van der Waals surface area (Å²) in [5.74, 6) is 0.481. The number of pyridine rings is 1. The highest BCUT2D eigenvalue weighted by atomic mass is 16.6. The molecule has 1 aromatic heterocycles. The molecule has 86 valence electrons. The number of aryl methyl sites for hydroxylation is 2. The van der Waals surface area contributed by atoms with Crippen LogP contribution in [0.15, 0.2) is 11.1 Å². The zero-order valence-corrected chi connectivity index (χ0v) is 9.76. The van der Waals surface area contributed by atoms with Crippen molar-refractivity contribution in [3.05, 3.63) is 27.4 Å². The first-order chi connectivity index (χ1) is 7.41. The molecule has 0 N–H and O–H groups in total. The van der Waals surface area contributed by atoms with E-state index < -0.39 is 4.92 Å². The van der Waals surface area contributed by atoms with Crippen molar-refractivity contribution in [1.29, 1.82) is 0 Å². The van der Waals surface area contributed by atoms with Crippen LogP contribution in [0.5, 0.6) is 0 Å². The van der Waals surface area contributed by atoms with Crippen LogP contribution in [-0.4, -0.2) is 35.2 Å². The topological polar surface area (TPSA) is 71.6 Å². The predicted molar refractivity (Wildman–Crippen MR) is 62.2 cm³/mol. The Morgan fingerprint density at radius 3 is 2.56 bits per heavy atom. The number of rotatable bonds is 3. The molecule has 0 unspecified atom stereocenters. The van der Waals surface area contributed by atoms with Crippen LogP contribution in [0.25, 0.3) is 0 Å². The van der Waals surface area contributed by atoms with E-state index in [2.05, 4.69) is 9.98 Å². The largest absolute Gasteiger partial charge is 0.369 e. The monoisotopic (exact) mass is 222 g/mol. The van der Waals surface area contributed by atoms with Crippen molar-refractivity contribution in [3.63, 3.8) is 0 Å². The molecule has 0 aliphatic carbocycles. The molecule has 0 bridgehead atoms. The Hall–Kier alpha value is -1.98. The van der Waals surface area contributed by atoms with Crippen LogP contribution in [0.4, 0.5) is 11.5 Å². The Morgan fingerprint density at radius 2 is 2.12 bits per heavy atom. The van der Waals surface area contributed by atoms with Crippen LogP contribution >= 0.6 is 0 Å². The first-order valence-electron chi connectivity index (χ1n) is 4.75. The van der Waals surface area contributed by atoms with E-state index in [-0.39, 0.29) is 5.69 Å². The molecule has 1 aromatic rings. The first kappa shape index (κ1) is 12.1. The van der Waals surface area contributed by atoms with Gasteiger partial charge in [0.05, 0.1) is 11.3 Å². The maximum Gasteiger partial charge on any atom is 0.293 e. The third kappa shape index (κ3) is 2.75. The van der Waals surface area contributed by atoms with Gasteiger partial charge in [-0.15, -0.1) is 0 Å². The molecule has 0 aliphatic heterocycles. The van der Waals surface area contributed by atoms with Crippen LogP contribution < -0.4 is 0 Å². The fourth-order valence-electron chi connectivity index (χ4n) is 1.32. The first-order valence-corrected chi connectivity index (χ1v) is 4.75. The summed E-state index contributed by atoms with van der Waals surface area (Å²) < 4.78 is 0. The zero-order chi connectivity index (χ0) is 12.3. The van der Waals surface area contributed by atoms with Crippen molar-refractivity contribution in [2.24, 2.45) is 4.99 Å². The summed E-state index contributed by atoms with van der Waals surface area (Å²) in [5, 5.41) is 10.7. The third-order valence-corrected chi connectivity index (χ3v) is 1.95. The van der Waals surface area contributed by atoms with Gasteiger partial charge in [0.25, 0.3) is 5.69 Å². The van der Waals surface area contributed by atoms with Gasteiger partial charge in [0.1, 0.15) is 5.69 Å². The highest BCUT2D eigenvalue weighted by molar-refractivity contribution is 5.60. The van der Waals surface area contributed by atoms with Crippen molar-refractivity contribution in [3.8, 4) is 0 Å². The zero-order valence-electron chi connectivity index (χ0n) is 9.76. The molecular weight excluding hydrogens is 208 g/mol. The smallest absolute Gasteiger partial charge is 0.293 e. The van der Waals surface area contributed by atoms with E-state index in [1.165, 1.54) is 0 Å². The van der Waals surface area contributed by atoms with Crippen molar-refractivity contribution in [2.75, 3.05) is 14.1 Å². The molecule has 16 heavy (non-hydrogen) atoms. The van der Waals surface area contributed by atoms with E-state index in [1.54, 1.807) is 31.2 Å². The van der Waals surface area contributed by atoms with Gasteiger partial charge >= 0.3 is 0 Å². The number of aliphatic imine (C=N–C) groups is 1. The predicted octanol–water partition coefficient (Wildman–Crippen LogP) is 1.83. The molecule has 0 aliphatic rings. The summed E-state index contributed by atoms with van der Waals surface area (Å²) in [4.78, 5) is 20.2. The van der Waals surface area contributed by atoms with Gasteiger partial charge < -0.3 is 4.90 Å². The number of hydrogen-bond acceptors (Lipinski definition) is 4. The lowest BCUT2D eigenvalue weighted by Crippen LogP contribution is -2.07. The molecule has 0 radical (unpaired) electrons. The second kappa shape index (κ2) is 4.69. The maximum absolute atomic E-state index is 10.7. The SMILES string of the molecule is Cc1cc(/N=C/N(C)C)nc(C)c1[N+](=O)[O-]. The maximum atomic E-state index is 10.7. The Balaban J connectivity index is 3.15. The second-order valence-electron chi connectivity index (χ2n) is 3.70. The lowest BCUT2D eigenvalue weighted by Gasteiger charge is -2.04. The van der Waals surface area contributed by atoms with Gasteiger partial charge in [-0.1, -0.05) is 0 Å². The normalized spacial score (nSPS) is 10.8. The van der Waals surface area contributed by atoms with E-state index in [0.29, 0.717) is 17.1 Å². The molecular formula is C10H14N4O2. The minimum Gasteiger partial charge on any atom is -0.369 e. The van der Waals surface area contributed by atoms with Crippen molar-refractivity contribution < 1.29 is 4.92 Å². The number of aromatic nitrogens is 1. The molecule has 0 fully saturated rings. The van der Waals surface area contributed by atoms with Crippen LogP contribution in [0, 0.1) is 24.0 Å². The van der Waals surface area contributed by atoms with E-state index in [9.17, 15) is 10.1 Å². The van der Waals surface area contributed by atoms with Gasteiger partial charge in [-0.3, -0.25) is 10.1 Å². The average molecular weight is 222 g/mol. The Bertz CT molecular complexity index is 417. The fourth-order valence-corrected chi connectivity index (χ4v) is 1.32. The number of nitrogens with zero attached hydrogens (tertiary/aromatic N) is 4. The summed E-state index contributed by atoms with van der Waals surface area (Å²) in [7, 11) is 3.68. The van der Waals surface area contributed by atoms with Gasteiger partial charge in [-0.05, 0) is 19.9 Å². The summed E-state index contributed by atoms with van der Waals surface area (Å²) in [6.07, 6.45) is 1.60. The molecule has 0 atom stereocenters. The lowest BCUT2D eigenvalue weighted by molar-refractivity contribution is -0.386. The van der Waals surface area contributed by atoms with Crippen molar-refractivity contribution in [2.45, 2.75) is 13.8 Å². The summed E-state index contributed by atoms with van der Waals surface area (Å²) >= 11 is 0. The molecule has 1 heterocycles. The highest BCUT2D eigenvalue weighted by Gasteiger charge is 2.16. The van der Waals surface area contributed by atoms with E-state index in [4.69, 9.17) is 0 Å². The van der Waals surface area contributed by atoms with Crippen LogP contribution in [0.1, 0.15) is 11.3 Å². The van der Waals surface area contributed by atoms with E-state index in [0.717, 1.165) is 0 Å². The van der Waals surface area contributed by atoms with Crippen molar-refractivity contribution >= 4 is 17.8 Å². The van der Waals surface area contributed by atoms with Crippen LogP contribution in [0.2, 0.25) is 0 Å². The molecule has 0 spiro atoms. The minimum atomic E-state index is -0.420. The molecule has 6 heteroatoms. The number of nitro groups is 1. The molecule has 6 nitrogen and oxygen atoms in total. The third-order valence-electron chi connectivity index (χ3n) is 1.95. The standard InChI is InChI=1S/C10H14N4O2/c1-7-5-9(11-6-13(3)4)12-8(2)10(7)14(15)16/h5-6H,1-4H3/b11-6+. The molecule has 0 amide bonds. The average Bonchev–Trinajstić information content (AvgIpc) is 2.12. The van der Waals surface area contributed by atoms with Crippen molar-refractivity contribution in [1.82, 2.24) is 9.88 Å². The van der Waals surface area contributed by atoms with Gasteiger partial charge in [0.15, 0.2) is 5.82 Å². The molecule has 0 saturated carbocycles. The molecule has 0 saturated heterocycles. The minimum absolute atomic E-state index is 0.0591. The van der Waals surface area contributed by atoms with Gasteiger partial charge in [0, 0.05) is 19.7 Å². The van der Waals surface area contributed by atoms with Crippen LogP contribution in [0.3, 0.4) is 0 Å². The summed E-state index contributed by atoms with van der Waals surface area (Å²) in [6.45, 7) is 3.29. The lowest BCUT2D eigenvalue weighted by atomic mass is 10.2. The Morgan fingerprint density at radius 1 is 1.50 bits per heavy atom. The van der Waals surface area contributed by atoms with Gasteiger partial charge in [-0.25, -0.2) is 9.98 Å². The summed E-state index contributed by atoms with van der Waals surface area (Å²) in [5.41, 5.74) is 1.02. The highest BCUT2D eigenvalue weighted by Crippen LogP contribution is 2.24. The second-order valence-corrected chi connectivity index (χ2v) is 3.70. The van der Waals surface area contributed by atoms with E-state index >= 15 is 0 Å². The van der Waals surface area contributed by atoms with Gasteiger partial charge in [-0.2, -0.15) is 0 Å². The Labute approximate surface area is 93.8 Å². The molecule has 1 rings (SSSR count). The fraction of sp³-hybridized carbons (Fsp3) is 0.400. The number of hydrogen-bond donors (Lipinski definition) is 0. The molecule has 0 aromatic carbocycles. The van der Waals surface area contributed by atoms with E-state index in [1.807, 2.05) is 14.1 Å². The summed E-state index contributed by atoms with van der Waals surface area (Å²) in [6, 6.07) is 1.60. The van der Waals surface area contributed by atoms with Gasteiger partial charge in [0.2, 0.25) is 0 Å². The quantitative estimate of drug-likeness (QED) is 0.338. The Kier molecular flexibility index (Phi) is 3.55. The van der Waals surface area contributed by atoms with Crippen LogP contribution in [-0.2, 0) is 0 Å².